The molecule has 1 fully saturated rings. The van der Waals surface area contributed by atoms with E-state index in [4.69, 9.17) is 0 Å². The number of aliphatic carboxylic acids is 1. The molecular weight excluding hydrogens is 256 g/mol. The highest BCUT2D eigenvalue weighted by Gasteiger charge is 2.35. The Morgan fingerprint density at radius 1 is 1.30 bits per heavy atom. The summed E-state index contributed by atoms with van der Waals surface area (Å²) in [6.07, 6.45) is 3.06. The van der Waals surface area contributed by atoms with E-state index in [9.17, 15) is 14.7 Å². The SMILES string of the molecule is Cc1cccc(CNC(=O)C2CCCCC2C(=O)O)n1. The first kappa shape index (κ1) is 14.5. The van der Waals surface area contributed by atoms with Crippen molar-refractivity contribution in [1.29, 1.82) is 0 Å². The van der Waals surface area contributed by atoms with Gasteiger partial charge < -0.3 is 10.4 Å². The number of nitrogens with one attached hydrogen (secondary N) is 1. The fraction of sp³-hybridized carbons (Fsp3) is 0.533. The van der Waals surface area contributed by atoms with Gasteiger partial charge in [-0.25, -0.2) is 0 Å². The molecule has 0 saturated heterocycles. The summed E-state index contributed by atoms with van der Waals surface area (Å²) in [5.74, 6) is -1.99. The number of carbonyl (C=O) groups is 2. The molecule has 2 unspecified atom stereocenters. The Morgan fingerprint density at radius 3 is 2.65 bits per heavy atom. The summed E-state index contributed by atoms with van der Waals surface area (Å²) in [7, 11) is 0. The second kappa shape index (κ2) is 6.50. The van der Waals surface area contributed by atoms with E-state index in [1.54, 1.807) is 0 Å². The van der Waals surface area contributed by atoms with Crippen LogP contribution in [0.5, 0.6) is 0 Å². The summed E-state index contributed by atoms with van der Waals surface area (Å²) in [5, 5.41) is 12.0. The average Bonchev–Trinajstić information content (AvgIpc) is 2.45. The van der Waals surface area contributed by atoms with Crippen LogP contribution in [-0.4, -0.2) is 22.0 Å². The van der Waals surface area contributed by atoms with Crippen molar-refractivity contribution < 1.29 is 14.7 Å². The number of carboxylic acid groups (broad SMARTS) is 1. The molecule has 1 amide bonds. The van der Waals surface area contributed by atoms with E-state index in [0.717, 1.165) is 24.2 Å². The zero-order chi connectivity index (χ0) is 14.5. The van der Waals surface area contributed by atoms with Crippen LogP contribution < -0.4 is 5.32 Å². The quantitative estimate of drug-likeness (QED) is 0.880. The van der Waals surface area contributed by atoms with Gasteiger partial charge in [-0.05, 0) is 31.9 Å². The first-order valence-electron chi connectivity index (χ1n) is 7.01. The molecule has 1 aliphatic carbocycles. The largest absolute Gasteiger partial charge is 0.481 e. The highest BCUT2D eigenvalue weighted by atomic mass is 16.4. The molecule has 0 aliphatic heterocycles. The van der Waals surface area contributed by atoms with E-state index in [1.807, 2.05) is 25.1 Å². The van der Waals surface area contributed by atoms with Gasteiger partial charge in [-0.3, -0.25) is 14.6 Å². The van der Waals surface area contributed by atoms with Crippen LogP contribution in [0.4, 0.5) is 0 Å². The van der Waals surface area contributed by atoms with Gasteiger partial charge in [0.2, 0.25) is 5.91 Å². The molecule has 20 heavy (non-hydrogen) atoms. The van der Waals surface area contributed by atoms with E-state index in [2.05, 4.69) is 10.3 Å². The van der Waals surface area contributed by atoms with Gasteiger partial charge in [0.1, 0.15) is 0 Å². The number of aryl methyl sites for hydroxylation is 1. The molecule has 5 heteroatoms. The maximum absolute atomic E-state index is 12.2. The highest BCUT2D eigenvalue weighted by molar-refractivity contribution is 5.84. The topological polar surface area (TPSA) is 79.3 Å². The zero-order valence-electron chi connectivity index (χ0n) is 11.6. The van der Waals surface area contributed by atoms with Crippen molar-refractivity contribution in [1.82, 2.24) is 10.3 Å². The Labute approximate surface area is 118 Å². The van der Waals surface area contributed by atoms with Crippen LogP contribution in [0.25, 0.3) is 0 Å². The second-order valence-electron chi connectivity index (χ2n) is 5.32. The van der Waals surface area contributed by atoms with Crippen LogP contribution >= 0.6 is 0 Å². The Morgan fingerprint density at radius 2 is 2.00 bits per heavy atom. The fourth-order valence-electron chi connectivity index (χ4n) is 2.75. The van der Waals surface area contributed by atoms with Gasteiger partial charge in [0.25, 0.3) is 0 Å². The van der Waals surface area contributed by atoms with E-state index >= 15 is 0 Å². The Hall–Kier alpha value is -1.91. The molecule has 5 nitrogen and oxygen atoms in total. The van der Waals surface area contributed by atoms with Gasteiger partial charge in [-0.15, -0.1) is 0 Å². The first-order valence-corrected chi connectivity index (χ1v) is 7.01. The van der Waals surface area contributed by atoms with Crippen LogP contribution in [0, 0.1) is 18.8 Å². The van der Waals surface area contributed by atoms with Gasteiger partial charge in [0, 0.05) is 5.69 Å². The van der Waals surface area contributed by atoms with Gasteiger partial charge in [-0.2, -0.15) is 0 Å². The number of hydrogen-bond donors (Lipinski definition) is 2. The maximum Gasteiger partial charge on any atom is 0.307 e. The van der Waals surface area contributed by atoms with Crippen LogP contribution in [0.15, 0.2) is 18.2 Å². The molecule has 2 N–H and O–H groups in total. The normalized spacial score (nSPS) is 22.2. The van der Waals surface area contributed by atoms with E-state index in [-0.39, 0.29) is 5.91 Å². The molecule has 0 aromatic carbocycles. The molecule has 0 spiro atoms. The Kier molecular flexibility index (Phi) is 4.71. The minimum atomic E-state index is -0.862. The van der Waals surface area contributed by atoms with Crippen molar-refractivity contribution in [3.05, 3.63) is 29.6 Å². The fourth-order valence-corrected chi connectivity index (χ4v) is 2.75. The van der Waals surface area contributed by atoms with E-state index < -0.39 is 17.8 Å². The summed E-state index contributed by atoms with van der Waals surface area (Å²) in [4.78, 5) is 27.7. The monoisotopic (exact) mass is 276 g/mol. The molecule has 1 aromatic heterocycles. The standard InChI is InChI=1S/C15H20N2O3/c1-10-5-4-6-11(17-10)9-16-14(18)12-7-2-3-8-13(12)15(19)20/h4-6,12-13H,2-3,7-9H2,1H3,(H,16,18)(H,19,20). The number of carboxylic acids is 1. The van der Waals surface area contributed by atoms with Gasteiger partial charge in [0.05, 0.1) is 24.1 Å². The smallest absolute Gasteiger partial charge is 0.307 e. The maximum atomic E-state index is 12.2. The number of hydrogen-bond acceptors (Lipinski definition) is 3. The predicted octanol–water partition coefficient (Wildman–Crippen LogP) is 1.90. The van der Waals surface area contributed by atoms with Crippen LogP contribution in [0.2, 0.25) is 0 Å². The van der Waals surface area contributed by atoms with E-state index in [0.29, 0.717) is 19.4 Å². The Balaban J connectivity index is 1.95. The zero-order valence-corrected chi connectivity index (χ0v) is 11.6. The molecule has 2 rings (SSSR count). The molecule has 0 radical (unpaired) electrons. The van der Waals surface area contributed by atoms with Crippen LogP contribution in [0.1, 0.15) is 37.1 Å². The summed E-state index contributed by atoms with van der Waals surface area (Å²) >= 11 is 0. The third kappa shape index (κ3) is 3.56. The minimum absolute atomic E-state index is 0.166. The van der Waals surface area contributed by atoms with Crippen molar-refractivity contribution in [3.63, 3.8) is 0 Å². The lowest BCUT2D eigenvalue weighted by molar-refractivity contribution is -0.148. The minimum Gasteiger partial charge on any atom is -0.481 e. The lowest BCUT2D eigenvalue weighted by atomic mass is 9.78. The van der Waals surface area contributed by atoms with Crippen LogP contribution in [0.3, 0.4) is 0 Å². The molecule has 108 valence electrons. The Bertz CT molecular complexity index is 502. The number of rotatable bonds is 4. The number of aromatic nitrogens is 1. The summed E-state index contributed by atoms with van der Waals surface area (Å²) in [5.41, 5.74) is 1.69. The lowest BCUT2D eigenvalue weighted by Gasteiger charge is -2.27. The summed E-state index contributed by atoms with van der Waals surface area (Å²) < 4.78 is 0. The van der Waals surface area contributed by atoms with Gasteiger partial charge >= 0.3 is 5.97 Å². The number of nitrogens with zero attached hydrogens (tertiary/aromatic N) is 1. The van der Waals surface area contributed by atoms with Crippen molar-refractivity contribution in [3.8, 4) is 0 Å². The number of carbonyl (C=O) groups excluding carboxylic acids is 1. The first-order chi connectivity index (χ1) is 9.58. The summed E-state index contributed by atoms with van der Waals surface area (Å²) in [6.45, 7) is 2.25. The lowest BCUT2D eigenvalue weighted by Crippen LogP contribution is -2.39. The highest BCUT2D eigenvalue weighted by Crippen LogP contribution is 2.30. The molecule has 2 atom stereocenters. The molecule has 1 heterocycles. The van der Waals surface area contributed by atoms with Crippen LogP contribution in [-0.2, 0) is 16.1 Å². The molecule has 1 saturated carbocycles. The summed E-state index contributed by atoms with van der Waals surface area (Å²) in [6, 6.07) is 5.64. The van der Waals surface area contributed by atoms with Gasteiger partial charge in [0.15, 0.2) is 0 Å². The van der Waals surface area contributed by atoms with Crippen molar-refractivity contribution >= 4 is 11.9 Å². The van der Waals surface area contributed by atoms with E-state index in [1.165, 1.54) is 0 Å². The third-order valence-corrected chi connectivity index (χ3v) is 3.81. The van der Waals surface area contributed by atoms with Crippen molar-refractivity contribution in [2.24, 2.45) is 11.8 Å². The third-order valence-electron chi connectivity index (χ3n) is 3.81. The second-order valence-corrected chi connectivity index (χ2v) is 5.32. The molecular formula is C15H20N2O3. The van der Waals surface area contributed by atoms with Gasteiger partial charge in [-0.1, -0.05) is 18.9 Å². The molecule has 1 aromatic rings. The number of pyridine rings is 1. The predicted molar refractivity (Wildman–Crippen MR) is 73.9 cm³/mol. The van der Waals surface area contributed by atoms with Crippen molar-refractivity contribution in [2.75, 3.05) is 0 Å². The molecule has 0 bridgehead atoms. The van der Waals surface area contributed by atoms with Crippen molar-refractivity contribution in [2.45, 2.75) is 39.2 Å². The molecule has 1 aliphatic rings. The number of amides is 1. The average molecular weight is 276 g/mol.